The van der Waals surface area contributed by atoms with Crippen molar-refractivity contribution >= 4 is 34.0 Å². The minimum Gasteiger partial charge on any atom is -0.382 e. The van der Waals surface area contributed by atoms with Crippen LogP contribution in [0.1, 0.15) is 30.9 Å². The molecule has 0 atom stereocenters. The van der Waals surface area contributed by atoms with E-state index in [0.29, 0.717) is 26.4 Å². The smallest absolute Gasteiger partial charge is 0.130 e. The molecule has 2 aromatic heterocycles. The number of rotatable bonds is 13. The number of ether oxygens (including phenoxy) is 2. The molecular weight excluding hydrogens is 584 g/mol. The van der Waals surface area contributed by atoms with Crippen molar-refractivity contribution in [3.63, 3.8) is 0 Å². The van der Waals surface area contributed by atoms with Gasteiger partial charge in [-0.2, -0.15) is 21.0 Å². The van der Waals surface area contributed by atoms with Crippen molar-refractivity contribution in [1.29, 1.82) is 21.0 Å². The second-order valence-corrected chi connectivity index (χ2v) is 11.0. The van der Waals surface area contributed by atoms with Crippen LogP contribution >= 0.6 is 0 Å². The normalized spacial score (nSPS) is 10.6. The SMILES string of the molecule is CCCn1cc(C=C(C#N)C#N)c2cc(-c3ccc(-c4c(C=C(C#N)C#N)c5ccccc5n4CCCOCCOC)cc3)ccc21. The van der Waals surface area contributed by atoms with Gasteiger partial charge >= 0.3 is 0 Å². The molecule has 0 aliphatic carbocycles. The quantitative estimate of drug-likeness (QED) is 0.0967. The number of para-hydroxylation sites is 1. The largest absolute Gasteiger partial charge is 0.382 e. The van der Waals surface area contributed by atoms with Crippen molar-refractivity contribution in [3.05, 3.63) is 95.2 Å². The van der Waals surface area contributed by atoms with Crippen LogP contribution in [0.15, 0.2) is 84.1 Å². The molecule has 0 radical (unpaired) electrons. The molecule has 0 aliphatic heterocycles. The highest BCUT2D eigenvalue weighted by molar-refractivity contribution is 5.99. The van der Waals surface area contributed by atoms with Crippen molar-refractivity contribution in [2.45, 2.75) is 32.9 Å². The van der Waals surface area contributed by atoms with Gasteiger partial charge in [0, 0.05) is 65.9 Å². The maximum absolute atomic E-state index is 9.63. The topological polar surface area (TPSA) is 123 Å². The van der Waals surface area contributed by atoms with Crippen LogP contribution in [0.3, 0.4) is 0 Å². The van der Waals surface area contributed by atoms with Crippen molar-refractivity contribution in [1.82, 2.24) is 9.13 Å². The molecule has 2 heterocycles. The predicted octanol–water partition coefficient (Wildman–Crippen LogP) is 8.25. The van der Waals surface area contributed by atoms with Gasteiger partial charge in [-0.3, -0.25) is 0 Å². The Bertz CT molecular complexity index is 2100. The predicted molar refractivity (Wildman–Crippen MR) is 184 cm³/mol. The average molecular weight is 619 g/mol. The molecule has 8 nitrogen and oxygen atoms in total. The fourth-order valence-electron chi connectivity index (χ4n) is 5.93. The fraction of sp³-hybridized carbons (Fsp3) is 0.231. The summed E-state index contributed by atoms with van der Waals surface area (Å²) in [5.41, 5.74) is 7.73. The Morgan fingerprint density at radius 3 is 2.11 bits per heavy atom. The lowest BCUT2D eigenvalue weighted by molar-refractivity contribution is 0.0682. The van der Waals surface area contributed by atoms with E-state index in [0.717, 1.165) is 74.7 Å². The van der Waals surface area contributed by atoms with Crippen LogP contribution < -0.4 is 0 Å². The Balaban J connectivity index is 1.59. The monoisotopic (exact) mass is 618 g/mol. The number of hydrogen-bond donors (Lipinski definition) is 0. The van der Waals surface area contributed by atoms with Crippen molar-refractivity contribution in [2.75, 3.05) is 26.9 Å². The molecule has 0 bridgehead atoms. The number of allylic oxidation sites excluding steroid dienone is 2. The maximum Gasteiger partial charge on any atom is 0.130 e. The van der Waals surface area contributed by atoms with Crippen LogP contribution in [0.4, 0.5) is 0 Å². The molecule has 3 aromatic carbocycles. The second-order valence-electron chi connectivity index (χ2n) is 11.0. The summed E-state index contributed by atoms with van der Waals surface area (Å²) in [7, 11) is 1.65. The van der Waals surface area contributed by atoms with E-state index in [4.69, 9.17) is 9.47 Å². The van der Waals surface area contributed by atoms with Gasteiger partial charge in [0.1, 0.15) is 35.4 Å². The summed E-state index contributed by atoms with van der Waals surface area (Å²) in [4.78, 5) is 0. The standard InChI is InChI=1S/C39H34N6O2/c1-3-15-44-27-33(20-28(23-40)24-41)35-22-32(13-14-37(35)44)30-9-11-31(12-10-30)39-36(21-29(25-42)26-43)34-7-4-5-8-38(34)45(39)16-6-17-47-19-18-46-2/h4-5,7-14,20-22,27H,3,6,15-19H2,1-2H3. The van der Waals surface area contributed by atoms with Crippen molar-refractivity contribution < 1.29 is 9.47 Å². The molecule has 47 heavy (non-hydrogen) atoms. The molecule has 0 amide bonds. The first kappa shape index (κ1) is 32.5. The van der Waals surface area contributed by atoms with E-state index in [2.05, 4.69) is 64.6 Å². The highest BCUT2D eigenvalue weighted by Crippen LogP contribution is 2.37. The van der Waals surface area contributed by atoms with Gasteiger partial charge in [0.2, 0.25) is 0 Å². The number of aryl methyl sites for hydroxylation is 2. The van der Waals surface area contributed by atoms with E-state index in [9.17, 15) is 21.0 Å². The molecule has 232 valence electrons. The van der Waals surface area contributed by atoms with Crippen LogP contribution in [-0.4, -0.2) is 36.1 Å². The number of methoxy groups -OCH3 is 1. The second kappa shape index (κ2) is 15.4. The fourth-order valence-corrected chi connectivity index (χ4v) is 5.93. The molecule has 0 spiro atoms. The lowest BCUT2D eigenvalue weighted by Crippen LogP contribution is -2.07. The number of benzene rings is 3. The van der Waals surface area contributed by atoms with Gasteiger partial charge in [-0.25, -0.2) is 0 Å². The highest BCUT2D eigenvalue weighted by Gasteiger charge is 2.18. The number of aromatic nitrogens is 2. The minimum atomic E-state index is 0.0396. The zero-order valence-electron chi connectivity index (χ0n) is 26.5. The Hall–Kier alpha value is -5.90. The van der Waals surface area contributed by atoms with Crippen molar-refractivity contribution in [3.8, 4) is 46.7 Å². The van der Waals surface area contributed by atoms with Gasteiger partial charge in [-0.15, -0.1) is 0 Å². The molecule has 8 heteroatoms. The summed E-state index contributed by atoms with van der Waals surface area (Å²) in [6.45, 7) is 5.28. The van der Waals surface area contributed by atoms with Crippen LogP contribution in [0.5, 0.6) is 0 Å². The van der Waals surface area contributed by atoms with Gasteiger partial charge in [0.05, 0.1) is 18.9 Å². The number of fused-ring (bicyclic) bond motifs is 2. The Kier molecular flexibility index (Phi) is 10.6. The van der Waals surface area contributed by atoms with Gasteiger partial charge in [0.25, 0.3) is 0 Å². The van der Waals surface area contributed by atoms with Gasteiger partial charge in [-0.1, -0.05) is 55.5 Å². The van der Waals surface area contributed by atoms with E-state index in [1.54, 1.807) is 19.3 Å². The third kappa shape index (κ3) is 7.01. The summed E-state index contributed by atoms with van der Waals surface area (Å²) in [6.07, 6.45) is 7.06. The Morgan fingerprint density at radius 2 is 1.40 bits per heavy atom. The number of nitriles is 4. The summed E-state index contributed by atoms with van der Waals surface area (Å²) in [6, 6.07) is 30.6. The summed E-state index contributed by atoms with van der Waals surface area (Å²) >= 11 is 0. The summed E-state index contributed by atoms with van der Waals surface area (Å²) in [5.74, 6) is 0. The Labute approximate surface area is 274 Å². The third-order valence-electron chi connectivity index (χ3n) is 8.05. The van der Waals surface area contributed by atoms with Gasteiger partial charge in [-0.05, 0) is 59.9 Å². The maximum atomic E-state index is 9.63. The molecule has 5 rings (SSSR count). The Morgan fingerprint density at radius 1 is 0.723 bits per heavy atom. The molecule has 0 unspecified atom stereocenters. The minimum absolute atomic E-state index is 0.0396. The third-order valence-corrected chi connectivity index (χ3v) is 8.05. The average Bonchev–Trinajstić information content (AvgIpc) is 3.61. The number of hydrogen-bond acceptors (Lipinski definition) is 6. The van der Waals surface area contributed by atoms with Gasteiger partial charge in [0.15, 0.2) is 0 Å². The van der Waals surface area contributed by atoms with Crippen LogP contribution in [0, 0.1) is 45.3 Å². The van der Waals surface area contributed by atoms with E-state index >= 15 is 0 Å². The molecule has 5 aromatic rings. The van der Waals surface area contributed by atoms with Crippen molar-refractivity contribution in [2.24, 2.45) is 0 Å². The molecule has 0 fully saturated rings. The summed E-state index contributed by atoms with van der Waals surface area (Å²) in [5, 5.41) is 40.0. The first-order chi connectivity index (χ1) is 23.1. The summed E-state index contributed by atoms with van der Waals surface area (Å²) < 4.78 is 15.2. The highest BCUT2D eigenvalue weighted by atomic mass is 16.5. The number of nitrogens with zero attached hydrogens (tertiary/aromatic N) is 6. The zero-order valence-corrected chi connectivity index (χ0v) is 26.5. The lowest BCUT2D eigenvalue weighted by Gasteiger charge is -2.13. The molecule has 0 saturated heterocycles. The molecule has 0 N–H and O–H groups in total. The zero-order chi connectivity index (χ0) is 33.2. The molecular formula is C39H34N6O2. The van der Waals surface area contributed by atoms with E-state index in [-0.39, 0.29) is 11.1 Å². The lowest BCUT2D eigenvalue weighted by atomic mass is 9.98. The molecule has 0 aliphatic rings. The van der Waals surface area contributed by atoms with Crippen LogP contribution in [-0.2, 0) is 22.6 Å². The van der Waals surface area contributed by atoms with E-state index in [1.807, 2.05) is 48.7 Å². The van der Waals surface area contributed by atoms with E-state index < -0.39 is 0 Å². The first-order valence-electron chi connectivity index (χ1n) is 15.5. The van der Waals surface area contributed by atoms with E-state index in [1.165, 1.54) is 0 Å². The van der Waals surface area contributed by atoms with Gasteiger partial charge < -0.3 is 18.6 Å². The molecule has 0 saturated carbocycles. The van der Waals surface area contributed by atoms with Crippen LogP contribution in [0.2, 0.25) is 0 Å². The first-order valence-corrected chi connectivity index (χ1v) is 15.5. The van der Waals surface area contributed by atoms with Crippen LogP contribution in [0.25, 0.3) is 56.3 Å².